The molecule has 2 rings (SSSR count). The van der Waals surface area contributed by atoms with E-state index >= 15 is 0 Å². The molecule has 1 aromatic carbocycles. The Kier molecular flexibility index (Phi) is 4.21. The number of aryl methyl sites for hydroxylation is 1. The number of methoxy groups -OCH3 is 1. The fourth-order valence-electron chi connectivity index (χ4n) is 1.44. The second-order valence-corrected chi connectivity index (χ2v) is 4.62. The van der Waals surface area contributed by atoms with E-state index in [0.717, 1.165) is 11.9 Å². The summed E-state index contributed by atoms with van der Waals surface area (Å²) in [6.07, 6.45) is 1.49. The summed E-state index contributed by atoms with van der Waals surface area (Å²) in [5.74, 6) is -0.717. The highest BCUT2D eigenvalue weighted by atomic mass is 32.2. The largest absolute Gasteiger partial charge is 0.494 e. The van der Waals surface area contributed by atoms with Crippen LogP contribution in [0.5, 0.6) is 5.75 Å². The first-order chi connectivity index (χ1) is 9.13. The molecule has 0 aliphatic rings. The summed E-state index contributed by atoms with van der Waals surface area (Å²) in [5, 5.41) is 0. The molecule has 1 N–H and O–H groups in total. The van der Waals surface area contributed by atoms with Crippen molar-refractivity contribution in [2.75, 3.05) is 11.8 Å². The maximum absolute atomic E-state index is 13.9. The third-order valence-corrected chi connectivity index (χ3v) is 3.32. The molecule has 0 spiro atoms. The average molecular weight is 282 g/mol. The van der Waals surface area contributed by atoms with Gasteiger partial charge in [0.25, 0.3) is 0 Å². The van der Waals surface area contributed by atoms with Crippen molar-refractivity contribution in [3.05, 3.63) is 47.7 Å². The smallest absolute Gasteiger partial charge is 0.180 e. The highest BCUT2D eigenvalue weighted by molar-refractivity contribution is 8.00. The van der Waals surface area contributed by atoms with Gasteiger partial charge in [0.1, 0.15) is 0 Å². The number of pyridine rings is 1. The molecule has 100 valence electrons. The van der Waals surface area contributed by atoms with Gasteiger partial charge in [-0.15, -0.1) is 0 Å². The van der Waals surface area contributed by atoms with Gasteiger partial charge in [-0.1, -0.05) is 6.07 Å². The first kappa shape index (κ1) is 13.6. The minimum Gasteiger partial charge on any atom is -0.494 e. The van der Waals surface area contributed by atoms with Gasteiger partial charge in [-0.3, -0.25) is 0 Å². The van der Waals surface area contributed by atoms with Gasteiger partial charge in [0.2, 0.25) is 0 Å². The molecule has 0 bridgehead atoms. The van der Waals surface area contributed by atoms with E-state index in [1.54, 1.807) is 25.1 Å². The van der Waals surface area contributed by atoms with Crippen molar-refractivity contribution in [1.29, 1.82) is 0 Å². The molecular formula is C13H12F2N2OS. The minimum absolute atomic E-state index is 0.0761. The highest BCUT2D eigenvalue weighted by Gasteiger charge is 2.11. The lowest BCUT2D eigenvalue weighted by Crippen LogP contribution is -1.98. The first-order valence-electron chi connectivity index (χ1n) is 5.50. The van der Waals surface area contributed by atoms with Crippen LogP contribution in [0.25, 0.3) is 0 Å². The van der Waals surface area contributed by atoms with E-state index in [1.807, 2.05) is 0 Å². The van der Waals surface area contributed by atoms with Gasteiger partial charge >= 0.3 is 0 Å². The number of nitrogens with zero attached hydrogens (tertiary/aromatic N) is 1. The number of aromatic nitrogens is 1. The average Bonchev–Trinajstić information content (AvgIpc) is 2.42. The Balaban J connectivity index is 2.17. The molecule has 1 aromatic heterocycles. The molecule has 0 unspecified atom stereocenters. The fourth-order valence-corrected chi connectivity index (χ4v) is 2.13. The molecule has 0 amide bonds. The number of hydrogen-bond donors (Lipinski definition) is 1. The molecule has 0 atom stereocenters. The Morgan fingerprint density at radius 3 is 2.74 bits per heavy atom. The molecular weight excluding hydrogens is 270 g/mol. The van der Waals surface area contributed by atoms with Crippen LogP contribution < -0.4 is 9.46 Å². The first-order valence-corrected chi connectivity index (χ1v) is 6.31. The lowest BCUT2D eigenvalue weighted by atomic mass is 10.3. The normalized spacial score (nSPS) is 10.3. The lowest BCUT2D eigenvalue weighted by molar-refractivity contribution is 0.381. The molecule has 0 saturated carbocycles. The van der Waals surface area contributed by atoms with Crippen LogP contribution in [-0.2, 0) is 0 Å². The number of nitrogens with one attached hydrogen (secondary N) is 1. The highest BCUT2D eigenvalue weighted by Crippen LogP contribution is 2.29. The molecule has 0 radical (unpaired) electrons. The zero-order valence-electron chi connectivity index (χ0n) is 10.4. The van der Waals surface area contributed by atoms with Crippen molar-refractivity contribution in [2.24, 2.45) is 0 Å². The lowest BCUT2D eigenvalue weighted by Gasteiger charge is -2.09. The zero-order valence-corrected chi connectivity index (χ0v) is 11.2. The predicted molar refractivity (Wildman–Crippen MR) is 71.4 cm³/mol. The van der Waals surface area contributed by atoms with Crippen LogP contribution >= 0.6 is 11.9 Å². The van der Waals surface area contributed by atoms with Crippen LogP contribution in [0, 0.1) is 18.6 Å². The summed E-state index contributed by atoms with van der Waals surface area (Å²) in [5.41, 5.74) is 0.476. The van der Waals surface area contributed by atoms with E-state index in [0.29, 0.717) is 10.5 Å². The Labute approximate surface area is 114 Å². The number of hydrogen-bond acceptors (Lipinski definition) is 4. The van der Waals surface area contributed by atoms with E-state index in [1.165, 1.54) is 19.4 Å². The molecule has 0 aliphatic carbocycles. The predicted octanol–water partition coefficient (Wildman–Crippen LogP) is 3.80. The molecule has 0 aliphatic heterocycles. The Morgan fingerprint density at radius 2 is 2.00 bits per heavy atom. The second-order valence-electron chi connectivity index (χ2n) is 3.77. The molecule has 3 nitrogen and oxygen atoms in total. The SMILES string of the molecule is COc1cccc(SNc2nccc(C)c2F)c1F. The summed E-state index contributed by atoms with van der Waals surface area (Å²) in [6.45, 7) is 1.64. The summed E-state index contributed by atoms with van der Waals surface area (Å²) >= 11 is 0.945. The van der Waals surface area contributed by atoms with E-state index in [2.05, 4.69) is 9.71 Å². The van der Waals surface area contributed by atoms with Gasteiger partial charge in [0, 0.05) is 6.20 Å². The zero-order chi connectivity index (χ0) is 13.8. The standard InChI is InChI=1S/C13H12F2N2OS/c1-8-6-7-16-13(11(8)14)17-19-10-5-3-4-9(18-2)12(10)15/h3-7H,1-2H3,(H,16,17). The third-order valence-electron chi connectivity index (χ3n) is 2.49. The second kappa shape index (κ2) is 5.88. The van der Waals surface area contributed by atoms with Crippen LogP contribution in [0.2, 0.25) is 0 Å². The van der Waals surface area contributed by atoms with Crippen molar-refractivity contribution in [2.45, 2.75) is 11.8 Å². The Hall–Kier alpha value is -1.82. The van der Waals surface area contributed by atoms with Gasteiger partial charge in [-0.25, -0.2) is 13.8 Å². The number of ether oxygens (including phenoxy) is 1. The van der Waals surface area contributed by atoms with Crippen LogP contribution in [0.1, 0.15) is 5.56 Å². The van der Waals surface area contributed by atoms with Crippen molar-refractivity contribution in [1.82, 2.24) is 4.98 Å². The van der Waals surface area contributed by atoms with Crippen LogP contribution in [0.3, 0.4) is 0 Å². The number of anilines is 1. The number of benzene rings is 1. The van der Waals surface area contributed by atoms with Crippen molar-refractivity contribution >= 4 is 17.8 Å². The molecule has 0 saturated heterocycles. The maximum Gasteiger partial charge on any atom is 0.180 e. The van der Waals surface area contributed by atoms with E-state index in [4.69, 9.17) is 4.74 Å². The van der Waals surface area contributed by atoms with Crippen molar-refractivity contribution < 1.29 is 13.5 Å². The Bertz CT molecular complexity index is 593. The monoisotopic (exact) mass is 282 g/mol. The van der Waals surface area contributed by atoms with E-state index < -0.39 is 11.6 Å². The van der Waals surface area contributed by atoms with Gasteiger partial charge in [-0.2, -0.15) is 0 Å². The minimum atomic E-state index is -0.490. The summed E-state index contributed by atoms with van der Waals surface area (Å²) in [6, 6.07) is 6.32. The summed E-state index contributed by atoms with van der Waals surface area (Å²) in [7, 11) is 1.39. The van der Waals surface area contributed by atoms with Crippen molar-refractivity contribution in [3.8, 4) is 5.75 Å². The molecule has 0 fully saturated rings. The van der Waals surface area contributed by atoms with Crippen LogP contribution in [-0.4, -0.2) is 12.1 Å². The molecule has 1 heterocycles. The van der Waals surface area contributed by atoms with Gasteiger partial charge < -0.3 is 9.46 Å². The van der Waals surface area contributed by atoms with E-state index in [9.17, 15) is 8.78 Å². The fraction of sp³-hybridized carbons (Fsp3) is 0.154. The Morgan fingerprint density at radius 1 is 1.21 bits per heavy atom. The molecule has 19 heavy (non-hydrogen) atoms. The maximum atomic E-state index is 13.9. The van der Waals surface area contributed by atoms with Crippen LogP contribution in [0.15, 0.2) is 35.4 Å². The van der Waals surface area contributed by atoms with Gasteiger partial charge in [-0.05, 0) is 42.6 Å². The topological polar surface area (TPSA) is 34.1 Å². The van der Waals surface area contributed by atoms with Gasteiger partial charge in [0.05, 0.1) is 12.0 Å². The summed E-state index contributed by atoms with van der Waals surface area (Å²) < 4.78 is 35.1. The van der Waals surface area contributed by atoms with Gasteiger partial charge in [0.15, 0.2) is 23.2 Å². The van der Waals surface area contributed by atoms with Crippen LogP contribution in [0.4, 0.5) is 14.6 Å². The van der Waals surface area contributed by atoms with E-state index in [-0.39, 0.29) is 11.6 Å². The summed E-state index contributed by atoms with van der Waals surface area (Å²) in [4.78, 5) is 4.17. The van der Waals surface area contributed by atoms with Crippen molar-refractivity contribution in [3.63, 3.8) is 0 Å². The molecule has 2 aromatic rings. The number of halogens is 2. The molecule has 6 heteroatoms. The third kappa shape index (κ3) is 2.96. The number of rotatable bonds is 4. The quantitative estimate of drug-likeness (QED) is 0.865.